The van der Waals surface area contributed by atoms with Crippen LogP contribution in [0.25, 0.3) is 0 Å². The molecule has 0 aliphatic rings. The zero-order chi connectivity index (χ0) is 14.9. The minimum atomic E-state index is -4.63. The summed E-state index contributed by atoms with van der Waals surface area (Å²) < 4.78 is 43.5. The van der Waals surface area contributed by atoms with E-state index < -0.39 is 23.3 Å². The highest BCUT2D eigenvalue weighted by molar-refractivity contribution is 6.30. The second-order valence-electron chi connectivity index (χ2n) is 3.89. The van der Waals surface area contributed by atoms with Crippen LogP contribution in [0.4, 0.5) is 18.9 Å². The fourth-order valence-electron chi connectivity index (χ4n) is 1.51. The number of aromatic nitrogens is 1. The van der Waals surface area contributed by atoms with E-state index in [2.05, 4.69) is 10.3 Å². The van der Waals surface area contributed by atoms with E-state index in [4.69, 9.17) is 16.0 Å². The van der Waals surface area contributed by atoms with Gasteiger partial charge in [-0.1, -0.05) is 11.6 Å². The van der Waals surface area contributed by atoms with Crippen molar-refractivity contribution in [1.29, 1.82) is 0 Å². The van der Waals surface area contributed by atoms with Crippen LogP contribution in [0.1, 0.15) is 22.0 Å². The topological polar surface area (TPSA) is 55.1 Å². The lowest BCUT2D eigenvalue weighted by Gasteiger charge is -2.13. The van der Waals surface area contributed by atoms with Crippen molar-refractivity contribution in [3.63, 3.8) is 0 Å². The quantitative estimate of drug-likeness (QED) is 0.915. The first-order valence-electron chi connectivity index (χ1n) is 5.38. The van der Waals surface area contributed by atoms with Gasteiger partial charge in [0.05, 0.1) is 17.4 Å². The Hall–Kier alpha value is -2.02. The first-order valence-corrected chi connectivity index (χ1v) is 5.75. The average molecular weight is 305 g/mol. The van der Waals surface area contributed by atoms with E-state index in [1.54, 1.807) is 0 Å². The molecule has 1 aromatic heterocycles. The minimum absolute atomic E-state index is 0.0779. The van der Waals surface area contributed by atoms with Crippen molar-refractivity contribution in [3.8, 4) is 0 Å². The van der Waals surface area contributed by atoms with Gasteiger partial charge < -0.3 is 9.73 Å². The molecular formula is C12H8ClF3N2O2. The zero-order valence-electron chi connectivity index (χ0n) is 10.1. The fraction of sp³-hybridized carbons (Fsp3) is 0.167. The molecule has 0 aliphatic carbocycles. The van der Waals surface area contributed by atoms with Gasteiger partial charge in [-0.15, -0.1) is 0 Å². The third kappa shape index (κ3) is 3.11. The monoisotopic (exact) mass is 304 g/mol. The van der Waals surface area contributed by atoms with Crippen LogP contribution in [0.3, 0.4) is 0 Å². The summed E-state index contributed by atoms with van der Waals surface area (Å²) in [6.45, 7) is 1.51. The second-order valence-corrected chi connectivity index (χ2v) is 4.32. The predicted octanol–water partition coefficient (Wildman–Crippen LogP) is 3.91. The number of nitrogens with one attached hydrogen (secondary N) is 1. The van der Waals surface area contributed by atoms with Gasteiger partial charge in [-0.3, -0.25) is 4.79 Å². The smallest absolute Gasteiger partial charge is 0.418 e. The molecule has 0 saturated heterocycles. The largest absolute Gasteiger partial charge is 0.436 e. The van der Waals surface area contributed by atoms with Crippen LogP contribution >= 0.6 is 11.6 Å². The average Bonchev–Trinajstić information content (AvgIpc) is 2.77. The zero-order valence-corrected chi connectivity index (χ0v) is 10.8. The number of benzene rings is 1. The normalized spacial score (nSPS) is 11.4. The van der Waals surface area contributed by atoms with Crippen LogP contribution in [-0.4, -0.2) is 10.9 Å². The summed E-state index contributed by atoms with van der Waals surface area (Å²) in [4.78, 5) is 15.4. The maximum atomic E-state index is 12.8. The lowest BCUT2D eigenvalue weighted by molar-refractivity contribution is -0.136. The molecule has 0 spiro atoms. The Kier molecular flexibility index (Phi) is 3.71. The molecule has 0 aliphatic heterocycles. The summed E-state index contributed by atoms with van der Waals surface area (Å²) in [6.07, 6.45) is -3.50. The van der Waals surface area contributed by atoms with E-state index in [9.17, 15) is 18.0 Å². The molecule has 0 atom stereocenters. The van der Waals surface area contributed by atoms with E-state index in [0.29, 0.717) is 0 Å². The summed E-state index contributed by atoms with van der Waals surface area (Å²) in [5.41, 5.74) is -1.43. The van der Waals surface area contributed by atoms with Gasteiger partial charge in [0.25, 0.3) is 5.91 Å². The highest BCUT2D eigenvalue weighted by Gasteiger charge is 2.34. The van der Waals surface area contributed by atoms with Gasteiger partial charge in [0.1, 0.15) is 0 Å². The van der Waals surface area contributed by atoms with Crippen molar-refractivity contribution in [2.45, 2.75) is 13.1 Å². The number of hydrogen-bond acceptors (Lipinski definition) is 3. The van der Waals surface area contributed by atoms with E-state index in [-0.39, 0.29) is 16.7 Å². The Morgan fingerprint density at radius 2 is 2.10 bits per heavy atom. The molecule has 20 heavy (non-hydrogen) atoms. The molecule has 2 aromatic rings. The van der Waals surface area contributed by atoms with Crippen molar-refractivity contribution >= 4 is 23.2 Å². The molecule has 1 N–H and O–H groups in total. The number of nitrogens with zero attached hydrogens (tertiary/aromatic N) is 1. The Morgan fingerprint density at radius 3 is 2.65 bits per heavy atom. The van der Waals surface area contributed by atoms with Gasteiger partial charge in [0, 0.05) is 11.9 Å². The summed E-state index contributed by atoms with van der Waals surface area (Å²) in [5, 5.41) is 2.04. The van der Waals surface area contributed by atoms with Crippen LogP contribution < -0.4 is 5.32 Å². The molecule has 0 bridgehead atoms. The van der Waals surface area contributed by atoms with Gasteiger partial charge in [-0.2, -0.15) is 13.2 Å². The van der Waals surface area contributed by atoms with Crippen LogP contribution in [-0.2, 0) is 6.18 Å². The summed E-state index contributed by atoms with van der Waals surface area (Å²) >= 11 is 5.54. The SMILES string of the molecule is Cc1ncc(C(=O)Nc2ccc(Cl)cc2C(F)(F)F)o1. The van der Waals surface area contributed by atoms with Crippen molar-refractivity contribution in [2.75, 3.05) is 5.32 Å². The number of anilines is 1. The number of hydrogen-bond donors (Lipinski definition) is 1. The molecule has 4 nitrogen and oxygen atoms in total. The highest BCUT2D eigenvalue weighted by Crippen LogP contribution is 2.36. The number of carbonyl (C=O) groups excluding carboxylic acids is 1. The van der Waals surface area contributed by atoms with Crippen LogP contribution in [0.2, 0.25) is 5.02 Å². The molecular weight excluding hydrogens is 297 g/mol. The maximum absolute atomic E-state index is 12.8. The highest BCUT2D eigenvalue weighted by atomic mass is 35.5. The molecule has 0 unspecified atom stereocenters. The fourth-order valence-corrected chi connectivity index (χ4v) is 1.68. The number of aryl methyl sites for hydroxylation is 1. The van der Waals surface area contributed by atoms with Crippen LogP contribution in [0.5, 0.6) is 0 Å². The van der Waals surface area contributed by atoms with Crippen molar-refractivity contribution in [1.82, 2.24) is 4.98 Å². The number of alkyl halides is 3. The van der Waals surface area contributed by atoms with Crippen molar-refractivity contribution in [3.05, 3.63) is 46.6 Å². The number of halogens is 4. The number of carbonyl (C=O) groups is 1. The maximum Gasteiger partial charge on any atom is 0.418 e. The van der Waals surface area contributed by atoms with Gasteiger partial charge >= 0.3 is 6.18 Å². The molecule has 0 saturated carbocycles. The third-order valence-electron chi connectivity index (χ3n) is 2.38. The molecule has 1 heterocycles. The minimum Gasteiger partial charge on any atom is -0.436 e. The van der Waals surface area contributed by atoms with E-state index in [1.807, 2.05) is 0 Å². The summed E-state index contributed by atoms with van der Waals surface area (Å²) in [7, 11) is 0. The Bertz CT molecular complexity index is 652. The first kappa shape index (κ1) is 14.4. The molecule has 106 valence electrons. The number of rotatable bonds is 2. The standard InChI is InChI=1S/C12H8ClF3N2O2/c1-6-17-5-10(20-6)11(19)18-9-3-2-7(13)4-8(9)12(14,15)16/h2-5H,1H3,(H,18,19). The predicted molar refractivity (Wildman–Crippen MR) is 65.6 cm³/mol. The van der Waals surface area contributed by atoms with Gasteiger partial charge in [0.15, 0.2) is 5.89 Å². The summed E-state index contributed by atoms with van der Waals surface area (Å²) in [5.74, 6) is -0.758. The van der Waals surface area contributed by atoms with Crippen molar-refractivity contribution < 1.29 is 22.4 Å². The molecule has 2 rings (SSSR count). The molecule has 1 amide bonds. The lowest BCUT2D eigenvalue weighted by atomic mass is 10.1. The van der Waals surface area contributed by atoms with Crippen molar-refractivity contribution in [2.24, 2.45) is 0 Å². The van der Waals surface area contributed by atoms with Gasteiger partial charge in [-0.05, 0) is 18.2 Å². The summed E-state index contributed by atoms with van der Waals surface area (Å²) in [6, 6.07) is 3.06. The molecule has 1 aromatic carbocycles. The number of oxazole rings is 1. The Labute approximate surface area is 116 Å². The third-order valence-corrected chi connectivity index (χ3v) is 2.62. The van der Waals surface area contributed by atoms with Gasteiger partial charge in [-0.25, -0.2) is 4.98 Å². The van der Waals surface area contributed by atoms with E-state index in [0.717, 1.165) is 18.3 Å². The number of amides is 1. The lowest BCUT2D eigenvalue weighted by Crippen LogP contribution is -2.16. The molecule has 0 radical (unpaired) electrons. The second kappa shape index (κ2) is 5.16. The van der Waals surface area contributed by atoms with Crippen LogP contribution in [0, 0.1) is 6.92 Å². The molecule has 0 fully saturated rings. The first-order chi connectivity index (χ1) is 9.27. The van der Waals surface area contributed by atoms with Gasteiger partial charge in [0.2, 0.25) is 5.76 Å². The Balaban J connectivity index is 2.32. The molecule has 8 heteroatoms. The van der Waals surface area contributed by atoms with Crippen LogP contribution in [0.15, 0.2) is 28.8 Å². The van der Waals surface area contributed by atoms with E-state index >= 15 is 0 Å². The Morgan fingerprint density at radius 1 is 1.40 bits per heavy atom. The van der Waals surface area contributed by atoms with E-state index in [1.165, 1.54) is 13.0 Å².